The molecular weight excluding hydrogens is 288 g/mol. The molecule has 1 aromatic heterocycles. The fourth-order valence-corrected chi connectivity index (χ4v) is 2.16. The van der Waals surface area contributed by atoms with E-state index in [4.69, 9.17) is 10.00 Å². The minimum absolute atomic E-state index is 0.623. The minimum Gasteiger partial charge on any atom is -0.385 e. The number of aryl methyl sites for hydroxylation is 1. The van der Waals surface area contributed by atoms with Gasteiger partial charge in [-0.15, -0.1) is 0 Å². The van der Waals surface area contributed by atoms with Crippen molar-refractivity contribution >= 4 is 5.70 Å². The topological polar surface area (TPSA) is 70.8 Å². The van der Waals surface area contributed by atoms with Gasteiger partial charge >= 0.3 is 0 Å². The number of nitrogens with zero attached hydrogens (tertiary/aromatic N) is 3. The van der Waals surface area contributed by atoms with Crippen molar-refractivity contribution in [3.63, 3.8) is 0 Å². The van der Waals surface area contributed by atoms with Crippen LogP contribution in [0.5, 0.6) is 0 Å². The van der Waals surface area contributed by atoms with Crippen LogP contribution in [-0.4, -0.2) is 30.2 Å². The van der Waals surface area contributed by atoms with E-state index in [-0.39, 0.29) is 0 Å². The highest BCUT2D eigenvalue weighted by Crippen LogP contribution is 2.25. The molecule has 5 nitrogen and oxygen atoms in total. The first kappa shape index (κ1) is 16.7. The maximum atomic E-state index is 8.92. The number of benzene rings is 1. The van der Waals surface area contributed by atoms with E-state index in [1.54, 1.807) is 25.4 Å². The van der Waals surface area contributed by atoms with Crippen LogP contribution in [0.3, 0.4) is 0 Å². The molecule has 0 spiro atoms. The van der Waals surface area contributed by atoms with Crippen LogP contribution in [0.1, 0.15) is 23.4 Å². The molecule has 0 aliphatic rings. The number of hydrogen-bond donors (Lipinski definition) is 1. The molecule has 0 amide bonds. The number of nitriles is 1. The van der Waals surface area contributed by atoms with Crippen LogP contribution >= 0.6 is 0 Å². The monoisotopic (exact) mass is 308 g/mol. The average molecular weight is 308 g/mol. The first-order chi connectivity index (χ1) is 11.2. The summed E-state index contributed by atoms with van der Waals surface area (Å²) in [4.78, 5) is 8.82. The highest BCUT2D eigenvalue weighted by Gasteiger charge is 2.11. The Morgan fingerprint density at radius 2 is 2.09 bits per heavy atom. The van der Waals surface area contributed by atoms with E-state index < -0.39 is 0 Å². The summed E-state index contributed by atoms with van der Waals surface area (Å²) in [5.74, 6) is 0.695. The third kappa shape index (κ3) is 4.38. The second-order valence-corrected chi connectivity index (χ2v) is 5.12. The Morgan fingerprint density at radius 3 is 2.74 bits per heavy atom. The van der Waals surface area contributed by atoms with Crippen molar-refractivity contribution in [1.82, 2.24) is 15.3 Å². The summed E-state index contributed by atoms with van der Waals surface area (Å²) < 4.78 is 5.04. The quantitative estimate of drug-likeness (QED) is 0.796. The third-order valence-corrected chi connectivity index (χ3v) is 3.39. The number of ether oxygens (including phenoxy) is 1. The Balaban J connectivity index is 2.26. The van der Waals surface area contributed by atoms with Gasteiger partial charge in [0.05, 0.1) is 17.3 Å². The molecule has 0 bridgehead atoms. The highest BCUT2D eigenvalue weighted by molar-refractivity contribution is 5.76. The number of nitrogens with one attached hydrogen (secondary N) is 1. The van der Waals surface area contributed by atoms with Crippen molar-refractivity contribution in [2.24, 2.45) is 0 Å². The van der Waals surface area contributed by atoms with Crippen LogP contribution in [0.4, 0.5) is 0 Å². The molecule has 0 saturated heterocycles. The lowest BCUT2D eigenvalue weighted by Gasteiger charge is -2.14. The fourth-order valence-electron chi connectivity index (χ4n) is 2.16. The van der Waals surface area contributed by atoms with Crippen LogP contribution in [0, 0.1) is 18.3 Å². The van der Waals surface area contributed by atoms with E-state index in [0.29, 0.717) is 18.0 Å². The molecule has 0 saturated carbocycles. The predicted molar refractivity (Wildman–Crippen MR) is 90.4 cm³/mol. The summed E-state index contributed by atoms with van der Waals surface area (Å²) in [6.07, 6.45) is 2.68. The molecule has 0 fully saturated rings. The predicted octanol–water partition coefficient (Wildman–Crippen LogP) is 2.92. The van der Waals surface area contributed by atoms with Crippen LogP contribution in [0.15, 0.2) is 37.0 Å². The highest BCUT2D eigenvalue weighted by atomic mass is 16.5. The van der Waals surface area contributed by atoms with E-state index in [0.717, 1.165) is 35.5 Å². The maximum Gasteiger partial charge on any atom is 0.125 e. The van der Waals surface area contributed by atoms with Crippen LogP contribution in [0.2, 0.25) is 0 Å². The molecule has 1 aromatic carbocycles. The second kappa shape index (κ2) is 8.06. The van der Waals surface area contributed by atoms with E-state index in [9.17, 15) is 0 Å². The number of hydrogen-bond acceptors (Lipinski definition) is 5. The maximum absolute atomic E-state index is 8.92. The van der Waals surface area contributed by atoms with Gasteiger partial charge in [-0.2, -0.15) is 5.26 Å². The zero-order valence-electron chi connectivity index (χ0n) is 13.5. The normalized spacial score (nSPS) is 10.1. The summed E-state index contributed by atoms with van der Waals surface area (Å²) in [5.41, 5.74) is 4.01. The first-order valence-electron chi connectivity index (χ1n) is 7.42. The van der Waals surface area contributed by atoms with E-state index >= 15 is 0 Å². The van der Waals surface area contributed by atoms with Gasteiger partial charge < -0.3 is 10.1 Å². The Morgan fingerprint density at radius 1 is 1.35 bits per heavy atom. The van der Waals surface area contributed by atoms with Crippen molar-refractivity contribution in [1.29, 1.82) is 5.26 Å². The lowest BCUT2D eigenvalue weighted by Crippen LogP contribution is -2.15. The van der Waals surface area contributed by atoms with Crippen molar-refractivity contribution in [2.45, 2.75) is 13.3 Å². The van der Waals surface area contributed by atoms with Crippen LogP contribution in [-0.2, 0) is 4.74 Å². The van der Waals surface area contributed by atoms with Gasteiger partial charge in [0, 0.05) is 43.3 Å². The molecule has 1 heterocycles. The van der Waals surface area contributed by atoms with Gasteiger partial charge in [0.1, 0.15) is 5.82 Å². The van der Waals surface area contributed by atoms with Gasteiger partial charge in [0.25, 0.3) is 0 Å². The summed E-state index contributed by atoms with van der Waals surface area (Å²) in [6.45, 7) is 7.41. The minimum atomic E-state index is 0.623. The molecule has 0 radical (unpaired) electrons. The second-order valence-electron chi connectivity index (χ2n) is 5.12. The Hall–Kier alpha value is -2.71. The van der Waals surface area contributed by atoms with Gasteiger partial charge in [-0.3, -0.25) is 0 Å². The van der Waals surface area contributed by atoms with Crippen molar-refractivity contribution < 1.29 is 4.74 Å². The zero-order valence-corrected chi connectivity index (χ0v) is 13.5. The average Bonchev–Trinajstić information content (AvgIpc) is 2.58. The molecule has 0 aliphatic heterocycles. The molecule has 118 valence electrons. The van der Waals surface area contributed by atoms with Gasteiger partial charge in [-0.1, -0.05) is 18.7 Å². The summed E-state index contributed by atoms with van der Waals surface area (Å²) in [7, 11) is 1.69. The molecule has 1 N–H and O–H groups in total. The van der Waals surface area contributed by atoms with Gasteiger partial charge in [0.15, 0.2) is 0 Å². The van der Waals surface area contributed by atoms with Crippen LogP contribution in [0.25, 0.3) is 17.0 Å². The Kier molecular flexibility index (Phi) is 5.84. The lowest BCUT2D eigenvalue weighted by molar-refractivity contribution is 0.195. The molecule has 2 rings (SSSR count). The van der Waals surface area contributed by atoms with E-state index in [2.05, 4.69) is 27.9 Å². The van der Waals surface area contributed by atoms with Crippen molar-refractivity contribution in [2.75, 3.05) is 20.3 Å². The molecule has 2 aromatic rings. The molecule has 23 heavy (non-hydrogen) atoms. The number of methoxy groups -OCH3 is 1. The molecule has 0 atom stereocenters. The standard InChI is InChI=1S/C18H20N4O/c1-13(20-9-4-10-23-3)17-12-21-14(2)22-18(17)16-7-5-15(11-19)6-8-16/h5-8,12,20H,1,4,9-10H2,2-3H3. The van der Waals surface area contributed by atoms with Gasteiger partial charge in [-0.05, 0) is 25.5 Å². The lowest BCUT2D eigenvalue weighted by atomic mass is 10.0. The number of rotatable bonds is 7. The summed E-state index contributed by atoms with van der Waals surface area (Å²) >= 11 is 0. The molecule has 5 heteroatoms. The Bertz CT molecular complexity index is 717. The largest absolute Gasteiger partial charge is 0.385 e. The molecule has 0 unspecified atom stereocenters. The smallest absolute Gasteiger partial charge is 0.125 e. The number of aromatic nitrogens is 2. The van der Waals surface area contributed by atoms with Gasteiger partial charge in [-0.25, -0.2) is 9.97 Å². The van der Waals surface area contributed by atoms with E-state index in [1.165, 1.54) is 0 Å². The Labute approximate surface area is 136 Å². The van der Waals surface area contributed by atoms with E-state index in [1.807, 2.05) is 19.1 Å². The fraction of sp³-hybridized carbons (Fsp3) is 0.278. The summed E-state index contributed by atoms with van der Waals surface area (Å²) in [6, 6.07) is 9.47. The SMILES string of the molecule is C=C(NCCCOC)c1cnc(C)nc1-c1ccc(C#N)cc1. The third-order valence-electron chi connectivity index (χ3n) is 3.39. The van der Waals surface area contributed by atoms with Crippen molar-refractivity contribution in [3.05, 3.63) is 54.0 Å². The van der Waals surface area contributed by atoms with Crippen molar-refractivity contribution in [3.8, 4) is 17.3 Å². The molecular formula is C18H20N4O. The summed E-state index contributed by atoms with van der Waals surface area (Å²) in [5, 5.41) is 12.2. The van der Waals surface area contributed by atoms with Crippen LogP contribution < -0.4 is 5.32 Å². The molecule has 0 aliphatic carbocycles. The first-order valence-corrected chi connectivity index (χ1v) is 7.42. The van der Waals surface area contributed by atoms with Gasteiger partial charge in [0.2, 0.25) is 0 Å². The zero-order chi connectivity index (χ0) is 16.7.